The number of hydrogen-bond acceptors (Lipinski definition) is 2. The molecule has 98 valence electrons. The van der Waals surface area contributed by atoms with Gasteiger partial charge >= 0.3 is 0 Å². The van der Waals surface area contributed by atoms with Gasteiger partial charge in [-0.3, -0.25) is 4.79 Å². The van der Waals surface area contributed by atoms with Crippen LogP contribution in [0.4, 0.5) is 0 Å². The van der Waals surface area contributed by atoms with E-state index in [0.29, 0.717) is 0 Å². The highest BCUT2D eigenvalue weighted by Crippen LogP contribution is 2.22. The highest BCUT2D eigenvalue weighted by atomic mass is 16.1. The van der Waals surface area contributed by atoms with Crippen molar-refractivity contribution in [3.63, 3.8) is 0 Å². The second-order valence-electron chi connectivity index (χ2n) is 4.53. The molecule has 3 N–H and O–H groups in total. The zero-order chi connectivity index (χ0) is 13.7. The maximum atomic E-state index is 11.6. The quantitative estimate of drug-likeness (QED) is 0.878. The SMILES string of the molecule is Cc1ccc(C(NC(=O)CN)c2ccccc2)cc1. The summed E-state index contributed by atoms with van der Waals surface area (Å²) < 4.78 is 0. The lowest BCUT2D eigenvalue weighted by Gasteiger charge is -2.19. The first-order valence-electron chi connectivity index (χ1n) is 6.31. The van der Waals surface area contributed by atoms with Crippen LogP contribution in [0.15, 0.2) is 54.6 Å². The molecule has 0 heterocycles. The molecule has 2 aromatic rings. The van der Waals surface area contributed by atoms with Crippen molar-refractivity contribution in [2.45, 2.75) is 13.0 Å². The number of benzene rings is 2. The molecule has 2 rings (SSSR count). The van der Waals surface area contributed by atoms with Crippen LogP contribution in [0.5, 0.6) is 0 Å². The van der Waals surface area contributed by atoms with Gasteiger partial charge in [-0.05, 0) is 18.1 Å². The molecule has 3 heteroatoms. The van der Waals surface area contributed by atoms with E-state index in [1.165, 1.54) is 5.56 Å². The van der Waals surface area contributed by atoms with Crippen molar-refractivity contribution < 1.29 is 4.79 Å². The molecular formula is C16H18N2O. The van der Waals surface area contributed by atoms with Crippen LogP contribution in [0, 0.1) is 6.92 Å². The minimum absolute atomic E-state index is 0.00477. The molecule has 19 heavy (non-hydrogen) atoms. The van der Waals surface area contributed by atoms with Crippen LogP contribution in [0.2, 0.25) is 0 Å². The van der Waals surface area contributed by atoms with Crippen LogP contribution < -0.4 is 11.1 Å². The van der Waals surface area contributed by atoms with Gasteiger partial charge in [-0.1, -0.05) is 60.2 Å². The lowest BCUT2D eigenvalue weighted by Crippen LogP contribution is -2.34. The predicted octanol–water partition coefficient (Wildman–Crippen LogP) is 2.16. The van der Waals surface area contributed by atoms with E-state index in [9.17, 15) is 4.79 Å². The van der Waals surface area contributed by atoms with E-state index in [1.54, 1.807) is 0 Å². The molecule has 0 radical (unpaired) electrons. The highest BCUT2D eigenvalue weighted by molar-refractivity contribution is 5.78. The van der Waals surface area contributed by atoms with Gasteiger partial charge in [0.15, 0.2) is 0 Å². The molecule has 0 aliphatic carbocycles. The summed E-state index contributed by atoms with van der Waals surface area (Å²) in [6, 6.07) is 17.9. The second kappa shape index (κ2) is 6.16. The van der Waals surface area contributed by atoms with Crippen LogP contribution in [0.3, 0.4) is 0 Å². The Kier molecular flexibility index (Phi) is 4.31. The summed E-state index contributed by atoms with van der Waals surface area (Å²) in [5.74, 6) is -0.158. The third-order valence-electron chi connectivity index (χ3n) is 3.03. The van der Waals surface area contributed by atoms with Gasteiger partial charge < -0.3 is 11.1 Å². The predicted molar refractivity (Wildman–Crippen MR) is 76.7 cm³/mol. The first kappa shape index (κ1) is 13.3. The number of nitrogens with one attached hydrogen (secondary N) is 1. The Morgan fingerprint density at radius 1 is 1.05 bits per heavy atom. The molecule has 0 aliphatic heterocycles. The topological polar surface area (TPSA) is 55.1 Å². The van der Waals surface area contributed by atoms with E-state index in [2.05, 4.69) is 5.32 Å². The normalized spacial score (nSPS) is 11.9. The average molecular weight is 254 g/mol. The average Bonchev–Trinajstić information content (AvgIpc) is 2.46. The van der Waals surface area contributed by atoms with Crippen molar-refractivity contribution in [3.05, 3.63) is 71.3 Å². The van der Waals surface area contributed by atoms with Crippen molar-refractivity contribution in [2.75, 3.05) is 6.54 Å². The first-order chi connectivity index (χ1) is 9.20. The molecule has 0 saturated carbocycles. The summed E-state index contributed by atoms with van der Waals surface area (Å²) in [6.45, 7) is 2.04. The monoisotopic (exact) mass is 254 g/mol. The zero-order valence-electron chi connectivity index (χ0n) is 11.0. The van der Waals surface area contributed by atoms with Gasteiger partial charge in [0.1, 0.15) is 0 Å². The smallest absolute Gasteiger partial charge is 0.234 e. The van der Waals surface area contributed by atoms with Gasteiger partial charge in [-0.2, -0.15) is 0 Å². The van der Waals surface area contributed by atoms with Crippen LogP contribution in [0.1, 0.15) is 22.7 Å². The summed E-state index contributed by atoms with van der Waals surface area (Å²) in [4.78, 5) is 11.6. The van der Waals surface area contributed by atoms with Gasteiger partial charge in [0.25, 0.3) is 0 Å². The van der Waals surface area contributed by atoms with E-state index in [4.69, 9.17) is 5.73 Å². The molecular weight excluding hydrogens is 236 g/mol. The molecule has 0 bridgehead atoms. The maximum Gasteiger partial charge on any atom is 0.234 e. The Morgan fingerprint density at radius 3 is 2.21 bits per heavy atom. The first-order valence-corrected chi connectivity index (χ1v) is 6.31. The number of hydrogen-bond donors (Lipinski definition) is 2. The van der Waals surface area contributed by atoms with E-state index in [0.717, 1.165) is 11.1 Å². The van der Waals surface area contributed by atoms with Gasteiger partial charge in [-0.25, -0.2) is 0 Å². The van der Waals surface area contributed by atoms with Crippen LogP contribution in [-0.2, 0) is 4.79 Å². The summed E-state index contributed by atoms with van der Waals surface area (Å²) in [5, 5.41) is 2.95. The van der Waals surface area contributed by atoms with Crippen LogP contribution in [0.25, 0.3) is 0 Å². The van der Waals surface area contributed by atoms with Crippen LogP contribution in [-0.4, -0.2) is 12.5 Å². The Hall–Kier alpha value is -2.13. The van der Waals surface area contributed by atoms with Gasteiger partial charge in [-0.15, -0.1) is 0 Å². The van der Waals surface area contributed by atoms with E-state index in [1.807, 2.05) is 61.5 Å². The standard InChI is InChI=1S/C16H18N2O/c1-12-7-9-14(10-8-12)16(18-15(19)11-17)13-5-3-2-4-6-13/h2-10,16H,11,17H2,1H3,(H,18,19). The largest absolute Gasteiger partial charge is 0.344 e. The Labute approximate surface area is 113 Å². The fraction of sp³-hybridized carbons (Fsp3) is 0.188. The number of carbonyl (C=O) groups is 1. The molecule has 0 aliphatic rings. The number of carbonyl (C=O) groups excluding carboxylic acids is 1. The maximum absolute atomic E-state index is 11.6. The second-order valence-corrected chi connectivity index (χ2v) is 4.53. The zero-order valence-corrected chi connectivity index (χ0v) is 11.0. The van der Waals surface area contributed by atoms with Crippen molar-refractivity contribution in [2.24, 2.45) is 5.73 Å². The van der Waals surface area contributed by atoms with Gasteiger partial charge in [0.05, 0.1) is 12.6 Å². The van der Waals surface area contributed by atoms with Gasteiger partial charge in [0.2, 0.25) is 5.91 Å². The molecule has 1 atom stereocenters. The fourth-order valence-corrected chi connectivity index (χ4v) is 1.98. The number of rotatable bonds is 4. The number of amides is 1. The molecule has 1 amide bonds. The highest BCUT2D eigenvalue weighted by Gasteiger charge is 2.15. The molecule has 0 aromatic heterocycles. The summed E-state index contributed by atoms with van der Waals surface area (Å²) >= 11 is 0. The minimum atomic E-state index is -0.158. The lowest BCUT2D eigenvalue weighted by atomic mass is 9.98. The van der Waals surface area contributed by atoms with E-state index < -0.39 is 0 Å². The van der Waals surface area contributed by atoms with Gasteiger partial charge in [0, 0.05) is 0 Å². The van der Waals surface area contributed by atoms with Crippen LogP contribution >= 0.6 is 0 Å². The molecule has 1 unspecified atom stereocenters. The summed E-state index contributed by atoms with van der Waals surface area (Å²) in [7, 11) is 0. The third-order valence-corrected chi connectivity index (χ3v) is 3.03. The Balaban J connectivity index is 2.34. The molecule has 0 spiro atoms. The van der Waals surface area contributed by atoms with Crippen molar-refractivity contribution in [1.82, 2.24) is 5.32 Å². The minimum Gasteiger partial charge on any atom is -0.344 e. The number of nitrogens with two attached hydrogens (primary N) is 1. The lowest BCUT2D eigenvalue weighted by molar-refractivity contribution is -0.120. The molecule has 2 aromatic carbocycles. The summed E-state index contributed by atoms with van der Waals surface area (Å²) in [6.07, 6.45) is 0. The molecule has 0 fully saturated rings. The van der Waals surface area contributed by atoms with E-state index in [-0.39, 0.29) is 18.5 Å². The Morgan fingerprint density at radius 2 is 1.63 bits per heavy atom. The number of aryl methyl sites for hydroxylation is 1. The fourth-order valence-electron chi connectivity index (χ4n) is 1.98. The van der Waals surface area contributed by atoms with Crippen molar-refractivity contribution >= 4 is 5.91 Å². The summed E-state index contributed by atoms with van der Waals surface area (Å²) in [5.41, 5.74) is 8.69. The van der Waals surface area contributed by atoms with Crippen molar-refractivity contribution in [1.29, 1.82) is 0 Å². The van der Waals surface area contributed by atoms with Crippen molar-refractivity contribution in [3.8, 4) is 0 Å². The third kappa shape index (κ3) is 3.42. The Bertz CT molecular complexity index is 534. The molecule has 0 saturated heterocycles. The van der Waals surface area contributed by atoms with E-state index >= 15 is 0 Å². The molecule has 3 nitrogen and oxygen atoms in total.